The first kappa shape index (κ1) is 20.2. The molecule has 2 aromatic carbocycles. The molecule has 7 heteroatoms. The normalized spacial score (nSPS) is 13.0. The van der Waals surface area contributed by atoms with Crippen LogP contribution in [0.3, 0.4) is 0 Å². The van der Waals surface area contributed by atoms with Crippen LogP contribution in [-0.2, 0) is 9.53 Å². The van der Waals surface area contributed by atoms with Gasteiger partial charge in [-0.3, -0.25) is 0 Å². The van der Waals surface area contributed by atoms with Crippen molar-refractivity contribution in [2.45, 2.75) is 20.0 Å². The molecule has 0 aliphatic carbocycles. The molecule has 1 aliphatic rings. The van der Waals surface area contributed by atoms with Crippen LogP contribution < -0.4 is 9.47 Å². The summed E-state index contributed by atoms with van der Waals surface area (Å²) in [6.07, 6.45) is 2.96. The molecule has 0 N–H and O–H groups in total. The number of carbonyl (C=O) groups is 1. The molecule has 7 nitrogen and oxygen atoms in total. The van der Waals surface area contributed by atoms with Gasteiger partial charge in [0.2, 0.25) is 0 Å². The highest BCUT2D eigenvalue weighted by atomic mass is 16.6. The summed E-state index contributed by atoms with van der Waals surface area (Å²) >= 11 is 0. The largest absolute Gasteiger partial charge is 0.486 e. The van der Waals surface area contributed by atoms with Gasteiger partial charge in [-0.15, -0.1) is 0 Å². The minimum absolute atomic E-state index is 0.0971. The molecule has 0 saturated heterocycles. The van der Waals surface area contributed by atoms with E-state index in [0.717, 1.165) is 11.3 Å². The second kappa shape index (κ2) is 8.76. The zero-order chi connectivity index (χ0) is 21.8. The summed E-state index contributed by atoms with van der Waals surface area (Å²) in [5, 5.41) is 14.3. The lowest BCUT2D eigenvalue weighted by Crippen LogP contribution is -2.15. The Balaban J connectivity index is 1.82. The van der Waals surface area contributed by atoms with E-state index >= 15 is 0 Å². The van der Waals surface area contributed by atoms with Crippen LogP contribution in [0.5, 0.6) is 11.5 Å². The number of nitrogens with zero attached hydrogens (tertiary/aromatic N) is 3. The first-order valence-corrected chi connectivity index (χ1v) is 9.93. The van der Waals surface area contributed by atoms with Crippen molar-refractivity contribution >= 4 is 12.0 Å². The molecule has 4 rings (SSSR count). The number of para-hydroxylation sites is 1. The summed E-state index contributed by atoms with van der Waals surface area (Å²) in [5.74, 6) is 0.638. The van der Waals surface area contributed by atoms with Crippen LogP contribution in [0.1, 0.15) is 19.4 Å². The van der Waals surface area contributed by atoms with Gasteiger partial charge in [-0.25, -0.2) is 9.48 Å². The van der Waals surface area contributed by atoms with Gasteiger partial charge in [-0.2, -0.15) is 10.4 Å². The topological polar surface area (TPSA) is 86.4 Å². The van der Waals surface area contributed by atoms with Crippen molar-refractivity contribution in [2.24, 2.45) is 0 Å². The number of hydrogen-bond acceptors (Lipinski definition) is 6. The van der Waals surface area contributed by atoms with Gasteiger partial charge in [0.1, 0.15) is 30.6 Å². The summed E-state index contributed by atoms with van der Waals surface area (Å²) in [5.41, 5.74) is 2.74. The van der Waals surface area contributed by atoms with E-state index in [-0.39, 0.29) is 11.7 Å². The van der Waals surface area contributed by atoms with Gasteiger partial charge in [0.05, 0.1) is 11.8 Å². The number of benzene rings is 2. The fraction of sp³-hybridized carbons (Fsp3) is 0.208. The van der Waals surface area contributed by atoms with E-state index in [1.54, 1.807) is 24.7 Å². The Morgan fingerprint density at radius 1 is 1.16 bits per heavy atom. The highest BCUT2D eigenvalue weighted by molar-refractivity contribution is 5.99. The zero-order valence-electron chi connectivity index (χ0n) is 17.2. The van der Waals surface area contributed by atoms with Crippen molar-refractivity contribution in [1.29, 1.82) is 5.26 Å². The third-order valence-corrected chi connectivity index (χ3v) is 4.56. The van der Waals surface area contributed by atoms with Crippen molar-refractivity contribution in [3.05, 3.63) is 65.9 Å². The highest BCUT2D eigenvalue weighted by Gasteiger charge is 2.19. The summed E-state index contributed by atoms with van der Waals surface area (Å²) in [7, 11) is 0. The van der Waals surface area contributed by atoms with E-state index in [4.69, 9.17) is 19.3 Å². The average molecular weight is 415 g/mol. The molecule has 0 atom stereocenters. The van der Waals surface area contributed by atoms with Gasteiger partial charge in [-0.05, 0) is 50.3 Å². The monoisotopic (exact) mass is 415 g/mol. The molecule has 1 aliphatic heterocycles. The summed E-state index contributed by atoms with van der Waals surface area (Å²) in [6.45, 7) is 4.45. The maximum atomic E-state index is 12.3. The van der Waals surface area contributed by atoms with Gasteiger partial charge < -0.3 is 14.2 Å². The Bertz CT molecular complexity index is 1170. The number of hydrogen-bond donors (Lipinski definition) is 0. The molecule has 1 aromatic heterocycles. The summed E-state index contributed by atoms with van der Waals surface area (Å²) in [4.78, 5) is 12.3. The van der Waals surface area contributed by atoms with E-state index in [1.165, 1.54) is 6.08 Å². The van der Waals surface area contributed by atoms with E-state index in [9.17, 15) is 10.1 Å². The second-order valence-corrected chi connectivity index (χ2v) is 7.20. The number of rotatable bonds is 5. The zero-order valence-corrected chi connectivity index (χ0v) is 17.2. The van der Waals surface area contributed by atoms with Crippen molar-refractivity contribution in [3.8, 4) is 34.5 Å². The molecule has 0 bridgehead atoms. The first-order chi connectivity index (χ1) is 15.0. The minimum Gasteiger partial charge on any atom is -0.486 e. The fourth-order valence-corrected chi connectivity index (χ4v) is 3.19. The minimum atomic E-state index is -0.668. The van der Waals surface area contributed by atoms with E-state index in [1.807, 2.05) is 54.6 Å². The van der Waals surface area contributed by atoms with Gasteiger partial charge in [-0.1, -0.05) is 18.2 Å². The predicted octanol–water partition coefficient (Wildman–Crippen LogP) is 4.17. The Kier molecular flexibility index (Phi) is 5.72. The molecule has 0 saturated carbocycles. The molecule has 0 radical (unpaired) electrons. The molecule has 156 valence electrons. The number of nitriles is 1. The smallest absolute Gasteiger partial charge is 0.349 e. The SMILES string of the molecule is CC(C)OC(=O)/C(C#N)=C/c1cn(-c2ccccc2)nc1-c1ccc2c(c1)OCCO2. The average Bonchev–Trinajstić information content (AvgIpc) is 3.21. The van der Waals surface area contributed by atoms with Gasteiger partial charge >= 0.3 is 5.97 Å². The quantitative estimate of drug-likeness (QED) is 0.353. The Morgan fingerprint density at radius 3 is 2.61 bits per heavy atom. The van der Waals surface area contributed by atoms with Crippen LogP contribution in [0.4, 0.5) is 0 Å². The lowest BCUT2D eigenvalue weighted by molar-refractivity contribution is -0.142. The number of aromatic nitrogens is 2. The highest BCUT2D eigenvalue weighted by Crippen LogP contribution is 2.35. The number of carbonyl (C=O) groups excluding carboxylic acids is 1. The van der Waals surface area contributed by atoms with Crippen molar-refractivity contribution in [1.82, 2.24) is 9.78 Å². The van der Waals surface area contributed by atoms with E-state index in [0.29, 0.717) is 36.0 Å². The molecule has 31 heavy (non-hydrogen) atoms. The van der Waals surface area contributed by atoms with Gasteiger partial charge in [0.15, 0.2) is 11.5 Å². The van der Waals surface area contributed by atoms with Crippen LogP contribution in [0.2, 0.25) is 0 Å². The van der Waals surface area contributed by atoms with Crippen LogP contribution >= 0.6 is 0 Å². The molecule has 3 aromatic rings. The Hall–Kier alpha value is -4.05. The second-order valence-electron chi connectivity index (χ2n) is 7.20. The van der Waals surface area contributed by atoms with E-state index < -0.39 is 5.97 Å². The van der Waals surface area contributed by atoms with Gasteiger partial charge in [0, 0.05) is 17.3 Å². The molecular formula is C24H21N3O4. The fourth-order valence-electron chi connectivity index (χ4n) is 3.19. The van der Waals surface area contributed by atoms with Gasteiger partial charge in [0.25, 0.3) is 0 Å². The lowest BCUT2D eigenvalue weighted by Gasteiger charge is -2.18. The third-order valence-electron chi connectivity index (χ3n) is 4.56. The van der Waals surface area contributed by atoms with Crippen LogP contribution in [0, 0.1) is 11.3 Å². The molecule has 0 spiro atoms. The summed E-state index contributed by atoms with van der Waals surface area (Å²) in [6, 6.07) is 17.1. The van der Waals surface area contributed by atoms with E-state index in [2.05, 4.69) is 0 Å². The van der Waals surface area contributed by atoms with Crippen LogP contribution in [0.15, 0.2) is 60.3 Å². The molecule has 0 amide bonds. The number of esters is 1. The summed E-state index contributed by atoms with van der Waals surface area (Å²) < 4.78 is 18.2. The number of ether oxygens (including phenoxy) is 3. The lowest BCUT2D eigenvalue weighted by atomic mass is 10.1. The van der Waals surface area contributed by atoms with Crippen molar-refractivity contribution in [3.63, 3.8) is 0 Å². The van der Waals surface area contributed by atoms with Crippen LogP contribution in [0.25, 0.3) is 23.0 Å². The predicted molar refractivity (Wildman–Crippen MR) is 115 cm³/mol. The third kappa shape index (κ3) is 4.43. The van der Waals surface area contributed by atoms with Crippen molar-refractivity contribution < 1.29 is 19.0 Å². The molecule has 0 fully saturated rings. The standard InChI is InChI=1S/C24H21N3O4/c1-16(2)31-24(28)18(14-25)12-19-15-27(20-6-4-3-5-7-20)26-23(19)17-8-9-21-22(13-17)30-11-10-29-21/h3-9,12-13,15-16H,10-11H2,1-2H3/b18-12+. The Morgan fingerprint density at radius 2 is 1.90 bits per heavy atom. The van der Waals surface area contributed by atoms with Crippen molar-refractivity contribution in [2.75, 3.05) is 13.2 Å². The number of fused-ring (bicyclic) bond motifs is 1. The maximum Gasteiger partial charge on any atom is 0.349 e. The van der Waals surface area contributed by atoms with Crippen LogP contribution in [-0.4, -0.2) is 35.1 Å². The Labute approximate surface area is 180 Å². The molecule has 0 unspecified atom stereocenters. The molecular weight excluding hydrogens is 394 g/mol. The maximum absolute atomic E-state index is 12.3. The molecule has 2 heterocycles. The first-order valence-electron chi connectivity index (χ1n) is 9.93.